The molecule has 1 aromatic rings. The van der Waals surface area contributed by atoms with Gasteiger partial charge in [-0.15, -0.1) is 11.3 Å². The zero-order valence-corrected chi connectivity index (χ0v) is 12.0. The van der Waals surface area contributed by atoms with Crippen LogP contribution in [0.15, 0.2) is 5.38 Å². The van der Waals surface area contributed by atoms with Gasteiger partial charge >= 0.3 is 6.09 Å². The van der Waals surface area contributed by atoms with Crippen molar-refractivity contribution in [2.45, 2.75) is 38.5 Å². The van der Waals surface area contributed by atoms with Crippen LogP contribution in [0.5, 0.6) is 0 Å². The molecule has 0 saturated carbocycles. The van der Waals surface area contributed by atoms with Gasteiger partial charge in [0, 0.05) is 16.0 Å². The van der Waals surface area contributed by atoms with Crippen molar-refractivity contribution < 1.29 is 9.53 Å². The Kier molecular flexibility index (Phi) is 3.68. The number of amides is 1. The maximum Gasteiger partial charge on any atom is 0.412 e. The third kappa shape index (κ3) is 3.39. The van der Waals surface area contributed by atoms with Crippen molar-refractivity contribution in [3.05, 3.63) is 15.8 Å². The summed E-state index contributed by atoms with van der Waals surface area (Å²) >= 11 is 3.67. The third-order valence-electron chi connectivity index (χ3n) is 2.35. The summed E-state index contributed by atoms with van der Waals surface area (Å²) in [6, 6.07) is 0. The van der Waals surface area contributed by atoms with Crippen molar-refractivity contribution in [3.8, 4) is 0 Å². The summed E-state index contributed by atoms with van der Waals surface area (Å²) in [4.78, 5) is 13.1. The predicted octanol–water partition coefficient (Wildman–Crippen LogP) is 3.88. The van der Waals surface area contributed by atoms with Crippen molar-refractivity contribution in [1.29, 1.82) is 0 Å². The lowest BCUT2D eigenvalue weighted by Gasteiger charge is -2.20. The van der Waals surface area contributed by atoms with Crippen LogP contribution < -0.4 is 5.32 Å². The molecule has 0 saturated heterocycles. The molecule has 0 aliphatic carbocycles. The van der Waals surface area contributed by atoms with Gasteiger partial charge < -0.3 is 4.74 Å². The molecule has 5 heteroatoms. The average molecular weight is 271 g/mol. The third-order valence-corrected chi connectivity index (χ3v) is 4.54. The molecule has 17 heavy (non-hydrogen) atoms. The number of hydrogen-bond donors (Lipinski definition) is 1. The van der Waals surface area contributed by atoms with Crippen LogP contribution >= 0.6 is 23.1 Å². The first-order chi connectivity index (χ1) is 7.96. The van der Waals surface area contributed by atoms with Crippen molar-refractivity contribution >= 4 is 34.9 Å². The molecule has 1 aliphatic heterocycles. The van der Waals surface area contributed by atoms with Gasteiger partial charge in [0.2, 0.25) is 0 Å². The summed E-state index contributed by atoms with van der Waals surface area (Å²) in [5, 5.41) is 4.86. The molecule has 1 amide bonds. The van der Waals surface area contributed by atoms with E-state index in [1.807, 2.05) is 37.9 Å². The Morgan fingerprint density at radius 2 is 2.24 bits per heavy atom. The Morgan fingerprint density at radius 3 is 2.94 bits per heavy atom. The number of carbonyl (C=O) groups is 1. The van der Waals surface area contributed by atoms with Crippen LogP contribution in [-0.4, -0.2) is 17.4 Å². The standard InChI is InChI=1S/C12H17NO2S2/c1-12(2,3)15-11(14)13-9-6-17-10-7-16-5-4-8(9)10/h6H,4-5,7H2,1-3H3,(H,13,14). The van der Waals surface area contributed by atoms with Crippen LogP contribution in [0.25, 0.3) is 0 Å². The van der Waals surface area contributed by atoms with Crippen LogP contribution in [0.1, 0.15) is 31.2 Å². The average Bonchev–Trinajstić information content (AvgIpc) is 2.59. The Balaban J connectivity index is 2.04. The molecule has 0 radical (unpaired) electrons. The molecule has 0 fully saturated rings. The van der Waals surface area contributed by atoms with Crippen molar-refractivity contribution in [2.75, 3.05) is 11.1 Å². The van der Waals surface area contributed by atoms with Crippen LogP contribution in [0.4, 0.5) is 10.5 Å². The highest BCUT2D eigenvalue weighted by molar-refractivity contribution is 7.98. The Hall–Kier alpha value is -0.680. The fraction of sp³-hybridized carbons (Fsp3) is 0.583. The van der Waals surface area contributed by atoms with E-state index in [0.29, 0.717) is 0 Å². The number of anilines is 1. The van der Waals surface area contributed by atoms with Gasteiger partial charge in [-0.1, -0.05) is 0 Å². The Bertz CT molecular complexity index is 421. The molecule has 3 nitrogen and oxygen atoms in total. The van der Waals surface area contributed by atoms with Crippen LogP contribution in [0, 0.1) is 0 Å². The quantitative estimate of drug-likeness (QED) is 0.842. The Morgan fingerprint density at radius 1 is 1.47 bits per heavy atom. The number of thioether (sulfide) groups is 1. The van der Waals surface area contributed by atoms with E-state index in [0.717, 1.165) is 23.6 Å². The summed E-state index contributed by atoms with van der Waals surface area (Å²) in [6.45, 7) is 5.60. The number of hydrogen-bond acceptors (Lipinski definition) is 4. The molecule has 2 rings (SSSR count). The number of ether oxygens (including phenoxy) is 1. The number of fused-ring (bicyclic) bond motifs is 1. The summed E-state index contributed by atoms with van der Waals surface area (Å²) in [5.41, 5.74) is 1.77. The monoisotopic (exact) mass is 271 g/mol. The molecule has 1 N–H and O–H groups in total. The minimum absolute atomic E-state index is 0.365. The lowest BCUT2D eigenvalue weighted by Crippen LogP contribution is -2.27. The first-order valence-electron chi connectivity index (χ1n) is 5.63. The highest BCUT2D eigenvalue weighted by atomic mass is 32.2. The van der Waals surface area contributed by atoms with Crippen LogP contribution in [-0.2, 0) is 16.9 Å². The van der Waals surface area contributed by atoms with E-state index in [2.05, 4.69) is 5.32 Å². The molecule has 0 aromatic carbocycles. The van der Waals surface area contributed by atoms with E-state index >= 15 is 0 Å². The molecule has 0 unspecified atom stereocenters. The second-order valence-electron chi connectivity index (χ2n) is 4.98. The SMILES string of the molecule is CC(C)(C)OC(=O)Nc1csc2c1CCSC2. The minimum Gasteiger partial charge on any atom is -0.444 e. The minimum atomic E-state index is -0.448. The molecule has 1 aliphatic rings. The summed E-state index contributed by atoms with van der Waals surface area (Å²) < 4.78 is 5.25. The molecule has 0 atom stereocenters. The van der Waals surface area contributed by atoms with Gasteiger partial charge in [0.25, 0.3) is 0 Å². The van der Waals surface area contributed by atoms with E-state index in [-0.39, 0.29) is 6.09 Å². The normalized spacial score (nSPS) is 15.2. The van der Waals surface area contributed by atoms with Crippen LogP contribution in [0.3, 0.4) is 0 Å². The topological polar surface area (TPSA) is 38.3 Å². The zero-order valence-electron chi connectivity index (χ0n) is 10.3. The lowest BCUT2D eigenvalue weighted by atomic mass is 10.2. The fourth-order valence-corrected chi connectivity index (χ4v) is 3.87. The molecule has 94 valence electrons. The maximum absolute atomic E-state index is 11.7. The number of thiophene rings is 1. The smallest absolute Gasteiger partial charge is 0.412 e. The van der Waals surface area contributed by atoms with E-state index in [1.54, 1.807) is 11.3 Å². The van der Waals surface area contributed by atoms with Gasteiger partial charge in [-0.3, -0.25) is 5.32 Å². The van der Waals surface area contributed by atoms with E-state index in [9.17, 15) is 4.79 Å². The van der Waals surface area contributed by atoms with E-state index < -0.39 is 5.60 Å². The zero-order chi connectivity index (χ0) is 12.5. The number of nitrogens with one attached hydrogen (secondary N) is 1. The van der Waals surface area contributed by atoms with Gasteiger partial charge in [0.1, 0.15) is 5.60 Å². The summed E-state index contributed by atoms with van der Waals surface area (Å²) in [7, 11) is 0. The summed E-state index contributed by atoms with van der Waals surface area (Å²) in [6.07, 6.45) is 0.672. The largest absolute Gasteiger partial charge is 0.444 e. The van der Waals surface area contributed by atoms with Crippen LogP contribution in [0.2, 0.25) is 0 Å². The molecule has 1 aromatic heterocycles. The molecule has 0 spiro atoms. The van der Waals surface area contributed by atoms with Crippen molar-refractivity contribution in [1.82, 2.24) is 0 Å². The highest BCUT2D eigenvalue weighted by Crippen LogP contribution is 2.35. The molecule has 0 bridgehead atoms. The first-order valence-corrected chi connectivity index (χ1v) is 7.66. The molecular formula is C12H17NO2S2. The second kappa shape index (κ2) is 4.90. The second-order valence-corrected chi connectivity index (χ2v) is 7.05. The summed E-state index contributed by atoms with van der Waals surface area (Å²) in [5.74, 6) is 2.20. The van der Waals surface area contributed by atoms with Gasteiger partial charge in [0.15, 0.2) is 0 Å². The fourth-order valence-electron chi connectivity index (χ4n) is 1.68. The lowest BCUT2D eigenvalue weighted by molar-refractivity contribution is 0.0636. The highest BCUT2D eigenvalue weighted by Gasteiger charge is 2.20. The molecule has 2 heterocycles. The molecular weight excluding hydrogens is 254 g/mol. The first kappa shape index (κ1) is 12.8. The van der Waals surface area contributed by atoms with Gasteiger partial charge in [-0.05, 0) is 38.5 Å². The number of carbonyl (C=O) groups excluding carboxylic acids is 1. The van der Waals surface area contributed by atoms with Gasteiger partial charge in [0.05, 0.1) is 5.69 Å². The van der Waals surface area contributed by atoms with Gasteiger partial charge in [-0.25, -0.2) is 4.79 Å². The van der Waals surface area contributed by atoms with Gasteiger partial charge in [-0.2, -0.15) is 11.8 Å². The van der Waals surface area contributed by atoms with E-state index in [1.165, 1.54) is 10.4 Å². The predicted molar refractivity (Wildman–Crippen MR) is 74.0 cm³/mol. The van der Waals surface area contributed by atoms with Crippen molar-refractivity contribution in [2.24, 2.45) is 0 Å². The maximum atomic E-state index is 11.7. The number of rotatable bonds is 1. The van der Waals surface area contributed by atoms with Crippen molar-refractivity contribution in [3.63, 3.8) is 0 Å². The Labute approximate surface area is 110 Å². The van der Waals surface area contributed by atoms with E-state index in [4.69, 9.17) is 4.74 Å².